The normalized spacial score (nSPS) is 25.3. The lowest BCUT2D eigenvalue weighted by Crippen LogP contribution is -2.42. The van der Waals surface area contributed by atoms with Gasteiger partial charge < -0.3 is 9.84 Å². The number of hydrogen-bond donors (Lipinski definition) is 1. The molecule has 1 N–H and O–H groups in total. The molecule has 2 aromatic rings. The van der Waals surface area contributed by atoms with Crippen LogP contribution in [0.5, 0.6) is 5.75 Å². The van der Waals surface area contributed by atoms with Crippen LogP contribution in [-0.2, 0) is 0 Å². The molecule has 5 heteroatoms. The summed E-state index contributed by atoms with van der Waals surface area (Å²) < 4.78 is 7.65. The first-order valence-electron chi connectivity index (χ1n) is 7.63. The van der Waals surface area contributed by atoms with Crippen LogP contribution in [0, 0.1) is 5.92 Å². The summed E-state index contributed by atoms with van der Waals surface area (Å²) in [7, 11) is 0. The molecule has 5 nitrogen and oxygen atoms in total. The Kier molecular flexibility index (Phi) is 3.61. The lowest BCUT2D eigenvalue weighted by molar-refractivity contribution is -0.0531. The van der Waals surface area contributed by atoms with Gasteiger partial charge in [0.1, 0.15) is 5.75 Å². The Morgan fingerprint density at radius 2 is 2.19 bits per heavy atom. The summed E-state index contributed by atoms with van der Waals surface area (Å²) in [6, 6.07) is 2.24. The summed E-state index contributed by atoms with van der Waals surface area (Å²) in [5.74, 6) is 1.43. The monoisotopic (exact) mass is 289 g/mol. The highest BCUT2D eigenvalue weighted by molar-refractivity contribution is 5.76. The molecule has 0 bridgehead atoms. The maximum absolute atomic E-state index is 9.86. The van der Waals surface area contributed by atoms with E-state index in [1.807, 2.05) is 23.9 Å². The molecule has 3 rings (SSSR count). The predicted octanol–water partition coefficient (Wildman–Crippen LogP) is 2.94. The van der Waals surface area contributed by atoms with Crippen molar-refractivity contribution in [3.8, 4) is 5.75 Å². The Labute approximate surface area is 124 Å². The first-order valence-corrected chi connectivity index (χ1v) is 7.63. The van der Waals surface area contributed by atoms with Crippen molar-refractivity contribution < 1.29 is 9.84 Å². The SMILES string of the molecule is CC(C)CCOc1cnc2c(cnn2C2CC(C)(O)C2)c1. The second-order valence-corrected chi connectivity index (χ2v) is 6.76. The highest BCUT2D eigenvalue weighted by Gasteiger charge is 2.40. The quantitative estimate of drug-likeness (QED) is 0.919. The van der Waals surface area contributed by atoms with Crippen molar-refractivity contribution >= 4 is 11.0 Å². The second-order valence-electron chi connectivity index (χ2n) is 6.76. The van der Waals surface area contributed by atoms with Gasteiger partial charge in [-0.25, -0.2) is 9.67 Å². The Morgan fingerprint density at radius 3 is 2.86 bits per heavy atom. The van der Waals surface area contributed by atoms with Gasteiger partial charge in [-0.05, 0) is 38.2 Å². The van der Waals surface area contributed by atoms with Gasteiger partial charge >= 0.3 is 0 Å². The Hall–Kier alpha value is -1.62. The number of aliphatic hydroxyl groups is 1. The zero-order valence-corrected chi connectivity index (χ0v) is 12.9. The van der Waals surface area contributed by atoms with Crippen molar-refractivity contribution in [2.24, 2.45) is 5.92 Å². The third-order valence-electron chi connectivity index (χ3n) is 4.07. The molecule has 0 radical (unpaired) electrons. The van der Waals surface area contributed by atoms with E-state index in [1.165, 1.54) is 0 Å². The minimum absolute atomic E-state index is 0.248. The minimum atomic E-state index is -0.553. The van der Waals surface area contributed by atoms with Crippen LogP contribution in [0.4, 0.5) is 0 Å². The van der Waals surface area contributed by atoms with Crippen LogP contribution < -0.4 is 4.74 Å². The Morgan fingerprint density at radius 1 is 1.43 bits per heavy atom. The van der Waals surface area contributed by atoms with Crippen LogP contribution in [0.25, 0.3) is 11.0 Å². The minimum Gasteiger partial charge on any atom is -0.492 e. The number of rotatable bonds is 5. The second kappa shape index (κ2) is 5.30. The van der Waals surface area contributed by atoms with E-state index in [9.17, 15) is 5.11 Å². The van der Waals surface area contributed by atoms with Crippen LogP contribution >= 0.6 is 0 Å². The smallest absolute Gasteiger partial charge is 0.158 e. The molecular weight excluding hydrogens is 266 g/mol. The molecule has 2 heterocycles. The predicted molar refractivity (Wildman–Crippen MR) is 81.4 cm³/mol. The lowest BCUT2D eigenvalue weighted by atomic mass is 9.77. The molecule has 0 aliphatic heterocycles. The van der Waals surface area contributed by atoms with Crippen LogP contribution in [0.2, 0.25) is 0 Å². The van der Waals surface area contributed by atoms with E-state index in [-0.39, 0.29) is 6.04 Å². The van der Waals surface area contributed by atoms with Crippen molar-refractivity contribution in [1.29, 1.82) is 0 Å². The fourth-order valence-electron chi connectivity index (χ4n) is 2.81. The average Bonchev–Trinajstić information content (AvgIpc) is 2.78. The molecule has 114 valence electrons. The summed E-state index contributed by atoms with van der Waals surface area (Å²) in [5, 5.41) is 15.3. The Bertz CT molecular complexity index is 625. The fourth-order valence-corrected chi connectivity index (χ4v) is 2.81. The van der Waals surface area contributed by atoms with E-state index < -0.39 is 5.60 Å². The average molecular weight is 289 g/mol. The molecule has 0 atom stereocenters. The van der Waals surface area contributed by atoms with Gasteiger partial charge in [0.25, 0.3) is 0 Å². The standard InChI is InChI=1S/C16H23N3O2/c1-11(2)4-5-21-14-6-12-9-18-19(15(12)17-10-14)13-7-16(3,20)8-13/h6,9-11,13,20H,4-5,7-8H2,1-3H3. The topological polar surface area (TPSA) is 60.2 Å². The van der Waals surface area contributed by atoms with Crippen molar-refractivity contribution in [2.75, 3.05) is 6.61 Å². The highest BCUT2D eigenvalue weighted by atomic mass is 16.5. The molecule has 0 saturated heterocycles. The molecule has 0 amide bonds. The van der Waals surface area contributed by atoms with Crippen molar-refractivity contribution in [2.45, 2.75) is 51.7 Å². The summed E-state index contributed by atoms with van der Waals surface area (Å²) in [4.78, 5) is 4.48. The molecule has 1 saturated carbocycles. The summed E-state index contributed by atoms with van der Waals surface area (Å²) in [6.07, 6.45) is 6.09. The number of fused-ring (bicyclic) bond motifs is 1. The largest absolute Gasteiger partial charge is 0.492 e. The van der Waals surface area contributed by atoms with Crippen LogP contribution in [0.3, 0.4) is 0 Å². The van der Waals surface area contributed by atoms with E-state index >= 15 is 0 Å². The number of pyridine rings is 1. The molecule has 1 aliphatic carbocycles. The summed E-state index contributed by atoms with van der Waals surface area (Å²) in [5.41, 5.74) is 0.315. The van der Waals surface area contributed by atoms with E-state index in [1.54, 1.807) is 6.20 Å². The molecule has 0 spiro atoms. The van der Waals surface area contributed by atoms with E-state index in [0.29, 0.717) is 12.5 Å². The maximum atomic E-state index is 9.86. The number of aromatic nitrogens is 3. The van der Waals surface area contributed by atoms with Gasteiger partial charge in [-0.3, -0.25) is 0 Å². The van der Waals surface area contributed by atoms with Crippen LogP contribution in [-0.4, -0.2) is 32.1 Å². The van der Waals surface area contributed by atoms with Gasteiger partial charge in [-0.15, -0.1) is 0 Å². The molecular formula is C16H23N3O2. The van der Waals surface area contributed by atoms with Crippen molar-refractivity contribution in [3.05, 3.63) is 18.5 Å². The molecule has 0 unspecified atom stereocenters. The van der Waals surface area contributed by atoms with Gasteiger partial charge in [0.15, 0.2) is 5.65 Å². The molecule has 2 aromatic heterocycles. The summed E-state index contributed by atoms with van der Waals surface area (Å²) >= 11 is 0. The zero-order valence-electron chi connectivity index (χ0n) is 12.9. The van der Waals surface area contributed by atoms with E-state index in [4.69, 9.17) is 4.74 Å². The van der Waals surface area contributed by atoms with Crippen LogP contribution in [0.1, 0.15) is 46.1 Å². The first-order chi connectivity index (χ1) is 9.94. The molecule has 1 aliphatic rings. The number of ether oxygens (including phenoxy) is 1. The number of nitrogens with zero attached hydrogens (tertiary/aromatic N) is 3. The van der Waals surface area contributed by atoms with E-state index in [2.05, 4.69) is 23.9 Å². The van der Waals surface area contributed by atoms with Gasteiger partial charge in [0.05, 0.1) is 30.6 Å². The summed E-state index contributed by atoms with van der Waals surface area (Å²) in [6.45, 7) is 6.94. The van der Waals surface area contributed by atoms with Gasteiger partial charge in [0.2, 0.25) is 0 Å². The molecule has 0 aromatic carbocycles. The number of hydrogen-bond acceptors (Lipinski definition) is 4. The van der Waals surface area contributed by atoms with Crippen molar-refractivity contribution in [3.63, 3.8) is 0 Å². The van der Waals surface area contributed by atoms with Crippen LogP contribution in [0.15, 0.2) is 18.5 Å². The zero-order chi connectivity index (χ0) is 15.0. The highest BCUT2D eigenvalue weighted by Crippen LogP contribution is 2.41. The van der Waals surface area contributed by atoms with Gasteiger partial charge in [-0.1, -0.05) is 13.8 Å². The van der Waals surface area contributed by atoms with Gasteiger partial charge in [0, 0.05) is 5.39 Å². The van der Waals surface area contributed by atoms with Gasteiger partial charge in [-0.2, -0.15) is 5.10 Å². The fraction of sp³-hybridized carbons (Fsp3) is 0.625. The third kappa shape index (κ3) is 3.02. The van der Waals surface area contributed by atoms with Crippen molar-refractivity contribution in [1.82, 2.24) is 14.8 Å². The Balaban J connectivity index is 1.72. The molecule has 1 fully saturated rings. The third-order valence-corrected chi connectivity index (χ3v) is 4.07. The lowest BCUT2D eigenvalue weighted by Gasteiger charge is -2.40. The molecule has 21 heavy (non-hydrogen) atoms. The maximum Gasteiger partial charge on any atom is 0.158 e. The first kappa shape index (κ1) is 14.3. The van der Waals surface area contributed by atoms with E-state index in [0.717, 1.165) is 36.0 Å².